The average molecular weight is 196 g/mol. The van der Waals surface area contributed by atoms with Crippen LogP contribution in [0.3, 0.4) is 0 Å². The second kappa shape index (κ2) is 2.76. The smallest absolute Gasteiger partial charge is 0.0456 e. The molecule has 3 rings (SSSR count). The third-order valence-corrected chi connectivity index (χ3v) is 2.97. The minimum absolute atomic E-state index is 0.939. The first-order valence-corrected chi connectivity index (χ1v) is 5.01. The van der Waals surface area contributed by atoms with Gasteiger partial charge in [-0.05, 0) is 22.4 Å². The fraction of sp³-hybridized carbons (Fsp3) is 0. The number of thiocarbonyl (C=S) groups is 1. The lowest BCUT2D eigenvalue weighted by Gasteiger charge is -2.12. The lowest BCUT2D eigenvalue weighted by Crippen LogP contribution is -1.99. The molecule has 0 aromatic heterocycles. The molecule has 0 bridgehead atoms. The zero-order chi connectivity index (χ0) is 9.54. The molecule has 1 aliphatic rings. The van der Waals surface area contributed by atoms with Crippen molar-refractivity contribution in [2.24, 2.45) is 0 Å². The maximum absolute atomic E-state index is 5.31. The molecule has 0 atom stereocenters. The van der Waals surface area contributed by atoms with Gasteiger partial charge in [0.25, 0.3) is 0 Å². The van der Waals surface area contributed by atoms with Crippen molar-refractivity contribution in [2.45, 2.75) is 0 Å². The highest BCUT2D eigenvalue weighted by Gasteiger charge is 2.10. The van der Waals surface area contributed by atoms with Crippen molar-refractivity contribution in [3.8, 4) is 0 Å². The van der Waals surface area contributed by atoms with Crippen molar-refractivity contribution >= 4 is 33.9 Å². The van der Waals surface area contributed by atoms with Gasteiger partial charge in [-0.3, -0.25) is 0 Å². The first-order valence-electron chi connectivity index (χ1n) is 4.60. The molecule has 66 valence electrons. The van der Waals surface area contributed by atoms with Crippen LogP contribution in [-0.4, -0.2) is 4.86 Å². The van der Waals surface area contributed by atoms with E-state index >= 15 is 0 Å². The summed E-state index contributed by atoms with van der Waals surface area (Å²) in [5.74, 6) is 0. The van der Waals surface area contributed by atoms with E-state index < -0.39 is 0 Å². The Labute approximate surface area is 87.9 Å². The molecule has 0 fully saturated rings. The Bertz CT molecular complexity index is 559. The Morgan fingerprint density at radius 2 is 1.64 bits per heavy atom. The van der Waals surface area contributed by atoms with Crippen molar-refractivity contribution in [1.29, 1.82) is 0 Å². The molecule has 2 aromatic carbocycles. The van der Waals surface area contributed by atoms with Crippen molar-refractivity contribution in [1.82, 2.24) is 0 Å². The molecule has 2 aromatic rings. The second-order valence-corrected chi connectivity index (χ2v) is 3.89. The molecule has 0 amide bonds. The summed E-state index contributed by atoms with van der Waals surface area (Å²) in [6, 6.07) is 12.6. The zero-order valence-corrected chi connectivity index (χ0v) is 8.34. The highest BCUT2D eigenvalue weighted by Crippen LogP contribution is 2.28. The summed E-state index contributed by atoms with van der Waals surface area (Å²) in [5.41, 5.74) is 2.46. The quantitative estimate of drug-likeness (QED) is 0.580. The summed E-state index contributed by atoms with van der Waals surface area (Å²) in [7, 11) is 0. The van der Waals surface area contributed by atoms with Crippen LogP contribution in [0.25, 0.3) is 16.8 Å². The van der Waals surface area contributed by atoms with E-state index in [-0.39, 0.29) is 0 Å². The number of rotatable bonds is 0. The number of allylic oxidation sites excluding steroid dienone is 1. The van der Waals surface area contributed by atoms with E-state index in [1.54, 1.807) is 0 Å². The van der Waals surface area contributed by atoms with Crippen LogP contribution >= 0.6 is 12.2 Å². The molecule has 0 N–H and O–H groups in total. The standard InChI is InChI=1S/C13H8S/c14-12-8-7-10-4-1-3-9-5-2-6-11(12)13(9)10/h1-8H. The molecule has 0 aliphatic heterocycles. The minimum atomic E-state index is 0.939. The summed E-state index contributed by atoms with van der Waals surface area (Å²) in [6.45, 7) is 0. The maximum Gasteiger partial charge on any atom is 0.0456 e. The number of hydrogen-bond donors (Lipinski definition) is 0. The largest absolute Gasteiger partial charge is 0.0794 e. The fourth-order valence-electron chi connectivity index (χ4n) is 1.97. The Morgan fingerprint density at radius 1 is 0.857 bits per heavy atom. The van der Waals surface area contributed by atoms with Gasteiger partial charge in [0.1, 0.15) is 0 Å². The van der Waals surface area contributed by atoms with Crippen LogP contribution in [0.15, 0.2) is 42.5 Å². The summed E-state index contributed by atoms with van der Waals surface area (Å²) in [6.07, 6.45) is 4.10. The predicted molar refractivity (Wildman–Crippen MR) is 64.7 cm³/mol. The van der Waals surface area contributed by atoms with Crippen LogP contribution in [-0.2, 0) is 0 Å². The van der Waals surface area contributed by atoms with E-state index in [9.17, 15) is 0 Å². The summed E-state index contributed by atoms with van der Waals surface area (Å²) in [4.78, 5) is 0.939. The van der Waals surface area contributed by atoms with Crippen molar-refractivity contribution in [3.05, 3.63) is 53.6 Å². The van der Waals surface area contributed by atoms with E-state index in [1.807, 2.05) is 6.08 Å². The SMILES string of the molecule is S=C1C=Cc2cccc3cccc1c23. The zero-order valence-electron chi connectivity index (χ0n) is 7.53. The van der Waals surface area contributed by atoms with Crippen LogP contribution in [0.4, 0.5) is 0 Å². The molecular weight excluding hydrogens is 188 g/mol. The highest BCUT2D eigenvalue weighted by atomic mass is 32.1. The first kappa shape index (κ1) is 7.89. The lowest BCUT2D eigenvalue weighted by molar-refractivity contribution is 1.68. The van der Waals surface area contributed by atoms with E-state index in [0.29, 0.717) is 0 Å². The van der Waals surface area contributed by atoms with Gasteiger partial charge in [0.05, 0.1) is 0 Å². The maximum atomic E-state index is 5.31. The van der Waals surface area contributed by atoms with Crippen molar-refractivity contribution in [2.75, 3.05) is 0 Å². The van der Waals surface area contributed by atoms with Gasteiger partial charge < -0.3 is 0 Å². The second-order valence-electron chi connectivity index (χ2n) is 3.45. The lowest BCUT2D eigenvalue weighted by atomic mass is 9.93. The highest BCUT2D eigenvalue weighted by molar-refractivity contribution is 7.81. The van der Waals surface area contributed by atoms with Crippen LogP contribution in [0, 0.1) is 0 Å². The van der Waals surface area contributed by atoms with Gasteiger partial charge >= 0.3 is 0 Å². The molecule has 0 saturated carbocycles. The topological polar surface area (TPSA) is 0 Å². The van der Waals surface area contributed by atoms with E-state index in [4.69, 9.17) is 12.2 Å². The molecule has 0 heterocycles. The van der Waals surface area contributed by atoms with Crippen LogP contribution < -0.4 is 0 Å². The summed E-state index contributed by atoms with van der Waals surface area (Å²) >= 11 is 5.31. The molecule has 0 saturated heterocycles. The monoisotopic (exact) mass is 196 g/mol. The average Bonchev–Trinajstić information content (AvgIpc) is 2.24. The molecular formula is C13H8S. The van der Waals surface area contributed by atoms with Crippen LogP contribution in [0.1, 0.15) is 11.1 Å². The van der Waals surface area contributed by atoms with Crippen LogP contribution in [0.2, 0.25) is 0 Å². The Hall–Kier alpha value is -1.47. The summed E-state index contributed by atoms with van der Waals surface area (Å²) in [5, 5.41) is 2.56. The van der Waals surface area contributed by atoms with Crippen LogP contribution in [0.5, 0.6) is 0 Å². The molecule has 0 nitrogen and oxygen atoms in total. The fourth-order valence-corrected chi connectivity index (χ4v) is 2.21. The van der Waals surface area contributed by atoms with Gasteiger partial charge in [-0.15, -0.1) is 0 Å². The van der Waals surface area contributed by atoms with Gasteiger partial charge in [-0.1, -0.05) is 54.7 Å². The molecule has 0 radical (unpaired) electrons. The summed E-state index contributed by atoms with van der Waals surface area (Å²) < 4.78 is 0. The molecule has 1 aliphatic carbocycles. The third-order valence-electron chi connectivity index (χ3n) is 2.62. The molecule has 14 heavy (non-hydrogen) atoms. The predicted octanol–water partition coefficient (Wildman–Crippen LogP) is 3.58. The normalized spacial score (nSPS) is 13.6. The van der Waals surface area contributed by atoms with Crippen molar-refractivity contribution < 1.29 is 0 Å². The van der Waals surface area contributed by atoms with E-state index in [1.165, 1.54) is 21.9 Å². The van der Waals surface area contributed by atoms with Gasteiger partial charge in [-0.2, -0.15) is 0 Å². The first-order chi connectivity index (χ1) is 6.86. The van der Waals surface area contributed by atoms with Gasteiger partial charge in [0, 0.05) is 10.4 Å². The van der Waals surface area contributed by atoms with Crippen molar-refractivity contribution in [3.63, 3.8) is 0 Å². The van der Waals surface area contributed by atoms with E-state index in [2.05, 4.69) is 42.5 Å². The Kier molecular flexibility index (Phi) is 1.55. The third kappa shape index (κ3) is 0.962. The molecule has 0 spiro atoms. The van der Waals surface area contributed by atoms with Gasteiger partial charge in [0.15, 0.2) is 0 Å². The Balaban J connectivity index is 2.58. The minimum Gasteiger partial charge on any atom is -0.0794 e. The molecule has 0 unspecified atom stereocenters. The van der Waals surface area contributed by atoms with Gasteiger partial charge in [-0.25, -0.2) is 0 Å². The number of benzene rings is 2. The number of hydrogen-bond acceptors (Lipinski definition) is 1. The molecule has 1 heteroatoms. The van der Waals surface area contributed by atoms with Gasteiger partial charge in [0.2, 0.25) is 0 Å². The Morgan fingerprint density at radius 3 is 2.50 bits per heavy atom. The van der Waals surface area contributed by atoms with E-state index in [0.717, 1.165) is 4.86 Å².